The highest BCUT2D eigenvalue weighted by Crippen LogP contribution is 2.58. The van der Waals surface area contributed by atoms with Crippen LogP contribution in [0.4, 0.5) is 17.1 Å². The fourth-order valence-electron chi connectivity index (χ4n) is 8.95. The van der Waals surface area contributed by atoms with Crippen LogP contribution in [0.1, 0.15) is 23.6 Å². The predicted octanol–water partition coefficient (Wildman–Crippen LogP) is 15.4. The van der Waals surface area contributed by atoms with E-state index in [2.05, 4.69) is 211 Å². The third kappa shape index (κ3) is 5.81. The van der Waals surface area contributed by atoms with E-state index >= 15 is 0 Å². The van der Waals surface area contributed by atoms with Gasteiger partial charge in [0, 0.05) is 27.8 Å². The van der Waals surface area contributed by atoms with Crippen LogP contribution in [-0.2, 0) is 5.41 Å². The molecule has 0 bridgehead atoms. The molecule has 0 spiro atoms. The van der Waals surface area contributed by atoms with E-state index in [-0.39, 0.29) is 0 Å². The van der Waals surface area contributed by atoms with Crippen molar-refractivity contribution in [1.29, 1.82) is 0 Å². The van der Waals surface area contributed by atoms with E-state index in [1.807, 2.05) is 19.1 Å². The Hall–Kier alpha value is -7.42. The molecule has 1 aromatic heterocycles. The Kier molecular flexibility index (Phi) is 8.81. The van der Waals surface area contributed by atoms with Gasteiger partial charge in [0.15, 0.2) is 0 Å². The Labute approximate surface area is 340 Å². The summed E-state index contributed by atoms with van der Waals surface area (Å²) in [5.41, 5.74) is 16.0. The molecule has 8 aromatic carbocycles. The molecule has 0 saturated carbocycles. The molecule has 1 aliphatic rings. The molecule has 0 amide bonds. The number of fused-ring (bicyclic) bond motifs is 6. The van der Waals surface area contributed by atoms with Gasteiger partial charge in [0.25, 0.3) is 0 Å². The van der Waals surface area contributed by atoms with Gasteiger partial charge in [0.05, 0.1) is 5.41 Å². The van der Waals surface area contributed by atoms with Gasteiger partial charge in [-0.15, -0.1) is 0 Å². The quantitative estimate of drug-likeness (QED) is 0.137. The number of nitrogens with zero attached hydrogens (tertiary/aromatic N) is 1. The van der Waals surface area contributed by atoms with Crippen LogP contribution >= 0.6 is 0 Å². The molecule has 58 heavy (non-hydrogen) atoms. The average molecular weight is 744 g/mol. The number of rotatable bonds is 9. The van der Waals surface area contributed by atoms with Crippen molar-refractivity contribution in [3.05, 3.63) is 247 Å². The molecule has 1 atom stereocenters. The van der Waals surface area contributed by atoms with Crippen LogP contribution in [0.25, 0.3) is 55.3 Å². The standard InChI is InChI=1S/C56H41NO/c1-3-4-7-17-39(2)56(44-30-35-55-51(37-44)50-25-13-15-27-54(50)58-55)52-26-14-12-24-48(52)49-34-33-47(38-53(49)56)57(45-31-28-42(29-32-45)40-18-8-5-9-19-40)46-23-16-22-43(36-46)41-20-10-6-11-21-41/h3-38H,2H2,1H3/b4-3-,17-7-. The van der Waals surface area contributed by atoms with E-state index < -0.39 is 5.41 Å². The van der Waals surface area contributed by atoms with Gasteiger partial charge >= 0.3 is 0 Å². The second-order valence-electron chi connectivity index (χ2n) is 14.9. The first-order valence-electron chi connectivity index (χ1n) is 19.9. The molecular weight excluding hydrogens is 703 g/mol. The Morgan fingerprint density at radius 3 is 1.90 bits per heavy atom. The molecule has 0 aliphatic heterocycles. The zero-order valence-corrected chi connectivity index (χ0v) is 32.3. The Balaban J connectivity index is 1.22. The predicted molar refractivity (Wildman–Crippen MR) is 244 cm³/mol. The second-order valence-corrected chi connectivity index (χ2v) is 14.9. The van der Waals surface area contributed by atoms with Crippen LogP contribution in [0.5, 0.6) is 0 Å². The van der Waals surface area contributed by atoms with Gasteiger partial charge < -0.3 is 9.32 Å². The smallest absolute Gasteiger partial charge is 0.135 e. The summed E-state index contributed by atoms with van der Waals surface area (Å²) in [7, 11) is 0. The van der Waals surface area contributed by atoms with E-state index in [4.69, 9.17) is 11.0 Å². The van der Waals surface area contributed by atoms with Crippen molar-refractivity contribution in [2.24, 2.45) is 0 Å². The second kappa shape index (κ2) is 14.6. The summed E-state index contributed by atoms with van der Waals surface area (Å²) in [6.45, 7) is 6.94. The molecule has 0 radical (unpaired) electrons. The maximum absolute atomic E-state index is 6.36. The van der Waals surface area contributed by atoms with Crippen LogP contribution in [-0.4, -0.2) is 0 Å². The van der Waals surface area contributed by atoms with E-state index in [1.54, 1.807) is 0 Å². The molecule has 276 valence electrons. The third-order valence-electron chi connectivity index (χ3n) is 11.6. The number of hydrogen-bond acceptors (Lipinski definition) is 2. The van der Waals surface area contributed by atoms with Crippen LogP contribution in [0.2, 0.25) is 0 Å². The summed E-state index contributed by atoms with van der Waals surface area (Å²) in [5.74, 6) is 0. The number of furan rings is 1. The van der Waals surface area contributed by atoms with Crippen LogP contribution in [0, 0.1) is 0 Å². The highest BCUT2D eigenvalue weighted by molar-refractivity contribution is 6.05. The van der Waals surface area contributed by atoms with Gasteiger partial charge in [-0.25, -0.2) is 0 Å². The zero-order chi connectivity index (χ0) is 39.1. The minimum Gasteiger partial charge on any atom is -0.456 e. The highest BCUT2D eigenvalue weighted by atomic mass is 16.3. The first-order valence-corrected chi connectivity index (χ1v) is 19.9. The minimum absolute atomic E-state index is 0.693. The Morgan fingerprint density at radius 2 is 1.10 bits per heavy atom. The summed E-state index contributed by atoms with van der Waals surface area (Å²) in [6, 6.07) is 69.8. The van der Waals surface area contributed by atoms with Crippen molar-refractivity contribution in [3.8, 4) is 33.4 Å². The van der Waals surface area contributed by atoms with Gasteiger partial charge in [-0.2, -0.15) is 0 Å². The number of benzene rings is 8. The molecule has 9 aromatic rings. The lowest BCUT2D eigenvalue weighted by atomic mass is 9.67. The zero-order valence-electron chi connectivity index (χ0n) is 32.3. The average Bonchev–Trinajstić information content (AvgIpc) is 3.81. The lowest BCUT2D eigenvalue weighted by Crippen LogP contribution is -2.28. The summed E-state index contributed by atoms with van der Waals surface area (Å²) < 4.78 is 6.36. The largest absolute Gasteiger partial charge is 0.456 e. The van der Waals surface area contributed by atoms with Crippen molar-refractivity contribution in [2.75, 3.05) is 4.90 Å². The lowest BCUT2D eigenvalue weighted by molar-refractivity contribution is 0.668. The molecule has 1 unspecified atom stereocenters. The first kappa shape index (κ1) is 35.0. The normalized spacial score (nSPS) is 14.6. The summed E-state index contributed by atoms with van der Waals surface area (Å²) in [4.78, 5) is 2.39. The fourth-order valence-corrected chi connectivity index (χ4v) is 8.95. The van der Waals surface area contributed by atoms with Gasteiger partial charge in [0.1, 0.15) is 11.2 Å². The van der Waals surface area contributed by atoms with Gasteiger partial charge in [-0.05, 0) is 117 Å². The summed E-state index contributed by atoms with van der Waals surface area (Å²) in [5, 5.41) is 2.20. The third-order valence-corrected chi connectivity index (χ3v) is 11.6. The molecule has 0 saturated heterocycles. The monoisotopic (exact) mass is 743 g/mol. The van der Waals surface area contributed by atoms with Crippen molar-refractivity contribution in [2.45, 2.75) is 12.3 Å². The van der Waals surface area contributed by atoms with Gasteiger partial charge in [0.2, 0.25) is 0 Å². The van der Waals surface area contributed by atoms with Crippen LogP contribution < -0.4 is 4.90 Å². The first-order chi connectivity index (χ1) is 28.6. The SMILES string of the molecule is C=C(/C=C\C=C/C)C1(c2ccc3oc4ccccc4c3c2)c2ccccc2-c2ccc(N(c3ccc(-c4ccccc4)cc3)c3cccc(-c4ccccc4)c3)cc21. The topological polar surface area (TPSA) is 16.4 Å². The van der Waals surface area contributed by atoms with Crippen molar-refractivity contribution in [1.82, 2.24) is 0 Å². The van der Waals surface area contributed by atoms with Gasteiger partial charge in [-0.3, -0.25) is 0 Å². The lowest BCUT2D eigenvalue weighted by Gasteiger charge is -2.35. The Morgan fingerprint density at radius 1 is 0.483 bits per heavy atom. The molecule has 2 heteroatoms. The fraction of sp³-hybridized carbons (Fsp3) is 0.0357. The molecular formula is C56H41NO. The van der Waals surface area contributed by atoms with E-state index in [1.165, 1.54) is 38.9 Å². The van der Waals surface area contributed by atoms with E-state index in [0.717, 1.165) is 55.7 Å². The number of allylic oxidation sites excluding steroid dienone is 5. The molecule has 0 N–H and O–H groups in total. The number of anilines is 3. The summed E-state index contributed by atoms with van der Waals surface area (Å²) >= 11 is 0. The van der Waals surface area contributed by atoms with Crippen molar-refractivity contribution >= 4 is 39.0 Å². The molecule has 2 nitrogen and oxygen atoms in total. The number of para-hydroxylation sites is 1. The van der Waals surface area contributed by atoms with Crippen LogP contribution in [0.15, 0.2) is 235 Å². The Bertz CT molecular complexity index is 3020. The number of hydrogen-bond donors (Lipinski definition) is 0. The molecule has 10 rings (SSSR count). The summed E-state index contributed by atoms with van der Waals surface area (Å²) in [6.07, 6.45) is 8.42. The van der Waals surface area contributed by atoms with Crippen LogP contribution in [0.3, 0.4) is 0 Å². The maximum Gasteiger partial charge on any atom is 0.135 e. The minimum atomic E-state index is -0.693. The molecule has 1 heterocycles. The molecule has 1 aliphatic carbocycles. The van der Waals surface area contributed by atoms with Gasteiger partial charge in [-0.1, -0.05) is 170 Å². The highest BCUT2D eigenvalue weighted by Gasteiger charge is 2.46. The maximum atomic E-state index is 6.36. The van der Waals surface area contributed by atoms with E-state index in [0.29, 0.717) is 0 Å². The van der Waals surface area contributed by atoms with Crippen molar-refractivity contribution < 1.29 is 4.42 Å². The molecule has 0 fully saturated rings. The van der Waals surface area contributed by atoms with Crippen molar-refractivity contribution in [3.63, 3.8) is 0 Å². The van der Waals surface area contributed by atoms with E-state index in [9.17, 15) is 0 Å².